The molecule has 0 spiro atoms. The van der Waals surface area contributed by atoms with Crippen molar-refractivity contribution in [3.05, 3.63) is 87.8 Å². The summed E-state index contributed by atoms with van der Waals surface area (Å²) in [5, 5.41) is 0.318. The number of carbonyl (C=O) groups excluding carboxylic acids is 2. The van der Waals surface area contributed by atoms with Gasteiger partial charge in [-0.3, -0.25) is 9.59 Å². The minimum Gasteiger partial charge on any atom is -0.494 e. The molecular formula is C27H24ClNO5S. The quantitative estimate of drug-likeness (QED) is 0.290. The van der Waals surface area contributed by atoms with E-state index in [1.807, 2.05) is 44.2 Å². The van der Waals surface area contributed by atoms with Crippen LogP contribution in [0.2, 0.25) is 5.02 Å². The van der Waals surface area contributed by atoms with Gasteiger partial charge in [0.05, 0.1) is 23.8 Å². The molecule has 0 bridgehead atoms. The summed E-state index contributed by atoms with van der Waals surface area (Å²) >= 11 is 6.84. The smallest absolute Gasteiger partial charge is 0.298 e. The summed E-state index contributed by atoms with van der Waals surface area (Å²) in [4.78, 5) is 27.1. The lowest BCUT2D eigenvalue weighted by atomic mass is 10.1. The van der Waals surface area contributed by atoms with Crippen LogP contribution in [0.15, 0.2) is 71.6 Å². The van der Waals surface area contributed by atoms with Crippen molar-refractivity contribution >= 4 is 46.3 Å². The molecule has 0 saturated carbocycles. The molecule has 2 amide bonds. The van der Waals surface area contributed by atoms with Crippen LogP contribution in [0.25, 0.3) is 6.08 Å². The normalized spacial score (nSPS) is 14.5. The van der Waals surface area contributed by atoms with Gasteiger partial charge in [0.2, 0.25) is 0 Å². The number of carbonyl (C=O) groups is 2. The van der Waals surface area contributed by atoms with Gasteiger partial charge in [-0.15, -0.1) is 0 Å². The second kappa shape index (κ2) is 11.3. The summed E-state index contributed by atoms with van der Waals surface area (Å²) in [5.41, 5.74) is 2.20. The van der Waals surface area contributed by atoms with Crippen LogP contribution < -0.4 is 19.1 Å². The number of anilines is 1. The molecule has 3 aromatic carbocycles. The number of halogens is 1. The Morgan fingerprint density at radius 1 is 0.857 bits per heavy atom. The molecule has 35 heavy (non-hydrogen) atoms. The molecule has 0 aromatic heterocycles. The maximum absolute atomic E-state index is 13.0. The topological polar surface area (TPSA) is 65.1 Å². The van der Waals surface area contributed by atoms with Gasteiger partial charge in [-0.25, -0.2) is 4.90 Å². The standard InChI is InChI=1S/C27H24ClNO5S/c1-3-32-22-12-10-21(11-13-22)29-26(30)25(35-27(29)31)16-19-7-14-23(24(15-19)33-4-2)34-17-18-5-8-20(28)9-6-18/h5-16H,3-4,17H2,1-2H3/b25-16-. The first-order valence-electron chi connectivity index (χ1n) is 11.1. The van der Waals surface area contributed by atoms with E-state index in [1.54, 1.807) is 42.5 Å². The minimum absolute atomic E-state index is 0.334. The zero-order valence-electron chi connectivity index (χ0n) is 19.3. The van der Waals surface area contributed by atoms with Crippen LogP contribution in [0.4, 0.5) is 10.5 Å². The van der Waals surface area contributed by atoms with Crippen LogP contribution in [0.1, 0.15) is 25.0 Å². The van der Waals surface area contributed by atoms with Gasteiger partial charge < -0.3 is 14.2 Å². The van der Waals surface area contributed by atoms with E-state index in [-0.39, 0.29) is 11.1 Å². The highest BCUT2D eigenvalue weighted by atomic mass is 35.5. The summed E-state index contributed by atoms with van der Waals surface area (Å²) in [6, 6.07) is 19.7. The summed E-state index contributed by atoms with van der Waals surface area (Å²) < 4.78 is 17.1. The number of nitrogens with zero attached hydrogens (tertiary/aromatic N) is 1. The number of benzene rings is 3. The van der Waals surface area contributed by atoms with E-state index < -0.39 is 0 Å². The molecule has 1 aliphatic rings. The molecule has 0 atom stereocenters. The number of hydrogen-bond acceptors (Lipinski definition) is 6. The lowest BCUT2D eigenvalue weighted by Crippen LogP contribution is -2.27. The van der Waals surface area contributed by atoms with Crippen molar-refractivity contribution in [3.8, 4) is 17.2 Å². The van der Waals surface area contributed by atoms with Crippen LogP contribution in [0, 0.1) is 0 Å². The molecule has 0 N–H and O–H groups in total. The van der Waals surface area contributed by atoms with Crippen molar-refractivity contribution in [1.29, 1.82) is 0 Å². The molecule has 3 aromatic rings. The van der Waals surface area contributed by atoms with E-state index in [0.717, 1.165) is 22.9 Å². The van der Waals surface area contributed by atoms with Gasteiger partial charge in [0, 0.05) is 5.02 Å². The first-order valence-corrected chi connectivity index (χ1v) is 12.3. The van der Waals surface area contributed by atoms with Gasteiger partial charge in [0.25, 0.3) is 11.1 Å². The highest BCUT2D eigenvalue weighted by Crippen LogP contribution is 2.37. The molecule has 8 heteroatoms. The van der Waals surface area contributed by atoms with Gasteiger partial charge >= 0.3 is 0 Å². The van der Waals surface area contributed by atoms with E-state index in [0.29, 0.717) is 52.7 Å². The number of imide groups is 1. The highest BCUT2D eigenvalue weighted by molar-refractivity contribution is 8.19. The Labute approximate surface area is 213 Å². The molecule has 0 aliphatic carbocycles. The Morgan fingerprint density at radius 2 is 1.57 bits per heavy atom. The third kappa shape index (κ3) is 5.99. The van der Waals surface area contributed by atoms with Crippen LogP contribution in [-0.4, -0.2) is 24.4 Å². The molecule has 180 valence electrons. The maximum Gasteiger partial charge on any atom is 0.298 e. The molecule has 1 saturated heterocycles. The van der Waals surface area contributed by atoms with Gasteiger partial charge in [-0.1, -0.05) is 29.8 Å². The van der Waals surface area contributed by atoms with Gasteiger partial charge in [-0.2, -0.15) is 0 Å². The zero-order valence-corrected chi connectivity index (χ0v) is 20.9. The number of amides is 2. The summed E-state index contributed by atoms with van der Waals surface area (Å²) in [5.74, 6) is 1.45. The highest BCUT2D eigenvalue weighted by Gasteiger charge is 2.36. The van der Waals surface area contributed by atoms with Crippen LogP contribution in [-0.2, 0) is 11.4 Å². The SMILES string of the molecule is CCOc1ccc(N2C(=O)S/C(=C\c3ccc(OCc4ccc(Cl)cc4)c(OCC)c3)C2=O)cc1. The molecule has 6 nitrogen and oxygen atoms in total. The van der Waals surface area contributed by atoms with E-state index in [4.69, 9.17) is 25.8 Å². The molecule has 0 unspecified atom stereocenters. The van der Waals surface area contributed by atoms with Crippen molar-refractivity contribution in [3.63, 3.8) is 0 Å². The Morgan fingerprint density at radius 3 is 2.26 bits per heavy atom. The predicted octanol–water partition coefficient (Wildman–Crippen LogP) is 6.96. The fourth-order valence-corrected chi connectivity index (χ4v) is 4.41. The molecule has 4 rings (SSSR count). The van der Waals surface area contributed by atoms with Gasteiger partial charge in [0.1, 0.15) is 12.4 Å². The van der Waals surface area contributed by atoms with Crippen LogP contribution in [0.3, 0.4) is 0 Å². The van der Waals surface area contributed by atoms with Crippen LogP contribution >= 0.6 is 23.4 Å². The molecular weight excluding hydrogens is 486 g/mol. The largest absolute Gasteiger partial charge is 0.494 e. The molecule has 1 aliphatic heterocycles. The number of thioether (sulfide) groups is 1. The third-order valence-electron chi connectivity index (χ3n) is 5.07. The summed E-state index contributed by atoms with van der Waals surface area (Å²) in [6.07, 6.45) is 1.69. The average Bonchev–Trinajstić information content (AvgIpc) is 3.13. The summed E-state index contributed by atoms with van der Waals surface area (Å²) in [7, 11) is 0. The van der Waals surface area contributed by atoms with E-state index in [1.165, 1.54) is 4.90 Å². The second-order valence-electron chi connectivity index (χ2n) is 7.50. The Balaban J connectivity index is 1.52. The average molecular weight is 510 g/mol. The van der Waals surface area contributed by atoms with Gasteiger partial charge in [-0.05, 0) is 91.3 Å². The predicted molar refractivity (Wildman–Crippen MR) is 139 cm³/mol. The maximum atomic E-state index is 13.0. The molecule has 0 radical (unpaired) electrons. The fraction of sp³-hybridized carbons (Fsp3) is 0.185. The van der Waals surface area contributed by atoms with Crippen molar-refractivity contribution < 1.29 is 23.8 Å². The lowest BCUT2D eigenvalue weighted by Gasteiger charge is -2.13. The first kappa shape index (κ1) is 24.7. The number of rotatable bonds is 9. The summed E-state index contributed by atoms with van der Waals surface area (Å²) in [6.45, 7) is 5.13. The lowest BCUT2D eigenvalue weighted by molar-refractivity contribution is -0.113. The van der Waals surface area contributed by atoms with Crippen molar-refractivity contribution in [2.45, 2.75) is 20.5 Å². The number of hydrogen-bond donors (Lipinski definition) is 0. The third-order valence-corrected chi connectivity index (χ3v) is 6.19. The van der Waals surface area contributed by atoms with Crippen molar-refractivity contribution in [1.82, 2.24) is 0 Å². The zero-order chi connectivity index (χ0) is 24.8. The van der Waals surface area contributed by atoms with Crippen molar-refractivity contribution in [2.24, 2.45) is 0 Å². The van der Waals surface area contributed by atoms with Crippen LogP contribution in [0.5, 0.6) is 17.2 Å². The van der Waals surface area contributed by atoms with Crippen molar-refractivity contribution in [2.75, 3.05) is 18.1 Å². The Hall–Kier alpha value is -3.42. The van der Waals surface area contributed by atoms with E-state index in [9.17, 15) is 9.59 Å². The molecule has 1 heterocycles. The van der Waals surface area contributed by atoms with E-state index in [2.05, 4.69) is 0 Å². The second-order valence-corrected chi connectivity index (χ2v) is 8.93. The Kier molecular flexibility index (Phi) is 8.00. The molecule has 1 fully saturated rings. The first-order chi connectivity index (χ1) is 17.0. The fourth-order valence-electron chi connectivity index (χ4n) is 3.44. The monoisotopic (exact) mass is 509 g/mol. The minimum atomic E-state index is -0.370. The van der Waals surface area contributed by atoms with E-state index >= 15 is 0 Å². The Bertz CT molecular complexity index is 1240. The number of ether oxygens (including phenoxy) is 3. The van der Waals surface area contributed by atoms with Gasteiger partial charge in [0.15, 0.2) is 11.5 Å².